The number of nitrogens with zero attached hydrogens (tertiary/aromatic N) is 2. The summed E-state index contributed by atoms with van der Waals surface area (Å²) >= 11 is 0. The minimum Gasteiger partial charge on any atom is -0.492 e. The molecule has 0 radical (unpaired) electrons. The van der Waals surface area contributed by atoms with Crippen molar-refractivity contribution in [2.24, 2.45) is 11.7 Å². The van der Waals surface area contributed by atoms with Gasteiger partial charge >= 0.3 is 0 Å². The van der Waals surface area contributed by atoms with Crippen molar-refractivity contribution in [1.29, 1.82) is 0 Å². The van der Waals surface area contributed by atoms with Crippen LogP contribution in [0.5, 0.6) is 5.75 Å². The smallest absolute Gasteiger partial charge is 0.147 e. The second-order valence-electron chi connectivity index (χ2n) is 8.14. The third kappa shape index (κ3) is 6.85. The summed E-state index contributed by atoms with van der Waals surface area (Å²) < 4.78 is 11.2. The monoisotopic (exact) mass is 389 g/mol. The molecule has 0 aliphatic carbocycles. The van der Waals surface area contributed by atoms with Crippen LogP contribution in [0.2, 0.25) is 0 Å². The fraction of sp³-hybridized carbons (Fsp3) is 0.682. The first-order valence-electron chi connectivity index (χ1n) is 10.6. The van der Waals surface area contributed by atoms with E-state index in [2.05, 4.69) is 28.9 Å². The number of rotatable bonds is 9. The van der Waals surface area contributed by atoms with Gasteiger partial charge in [0.25, 0.3) is 0 Å². The molecule has 2 fully saturated rings. The molecule has 6 nitrogen and oxygen atoms in total. The van der Waals surface area contributed by atoms with Gasteiger partial charge in [0, 0.05) is 38.6 Å². The number of Topliss-reactive ketones (excluding diaryl/α,β-unsaturated/α-hetero) is 1. The largest absolute Gasteiger partial charge is 0.492 e. The molecule has 2 aliphatic heterocycles. The number of hydrogen-bond donors (Lipinski definition) is 1. The minimum absolute atomic E-state index is 0.0351. The van der Waals surface area contributed by atoms with E-state index in [0.717, 1.165) is 70.9 Å². The molecule has 2 aliphatic rings. The van der Waals surface area contributed by atoms with Crippen molar-refractivity contribution < 1.29 is 14.3 Å². The Kier molecular flexibility index (Phi) is 8.27. The van der Waals surface area contributed by atoms with Crippen molar-refractivity contribution in [3.63, 3.8) is 0 Å². The number of carbonyl (C=O) groups excluding carboxylic acids is 1. The standard InChI is InChI=1S/C22H35N3O3/c1-2-18-13-21(26)16-25(14-18)15-19-3-5-22(6-4-19)28-17-20(23)7-8-24-9-11-27-12-10-24/h3-6,18,20H,2,7-17,23H2,1H3. The first-order valence-corrected chi connectivity index (χ1v) is 10.6. The van der Waals surface area contributed by atoms with Crippen molar-refractivity contribution in [3.05, 3.63) is 29.8 Å². The van der Waals surface area contributed by atoms with Crippen molar-refractivity contribution >= 4 is 5.78 Å². The summed E-state index contributed by atoms with van der Waals surface area (Å²) in [6.07, 6.45) is 2.74. The van der Waals surface area contributed by atoms with Crippen molar-refractivity contribution in [1.82, 2.24) is 9.80 Å². The molecule has 6 heteroatoms. The molecule has 0 aromatic heterocycles. The fourth-order valence-corrected chi connectivity index (χ4v) is 3.93. The highest BCUT2D eigenvalue weighted by Crippen LogP contribution is 2.20. The second-order valence-corrected chi connectivity index (χ2v) is 8.14. The summed E-state index contributed by atoms with van der Waals surface area (Å²) in [4.78, 5) is 16.6. The van der Waals surface area contributed by atoms with E-state index in [-0.39, 0.29) is 6.04 Å². The molecule has 2 N–H and O–H groups in total. The molecule has 1 aromatic carbocycles. The first-order chi connectivity index (χ1) is 13.6. The summed E-state index contributed by atoms with van der Waals surface area (Å²) in [5.74, 6) is 1.72. The molecule has 3 rings (SSSR count). The van der Waals surface area contributed by atoms with E-state index in [0.29, 0.717) is 24.9 Å². The molecular weight excluding hydrogens is 354 g/mol. The van der Waals surface area contributed by atoms with Gasteiger partial charge in [-0.25, -0.2) is 0 Å². The van der Waals surface area contributed by atoms with Crippen LogP contribution in [0.25, 0.3) is 0 Å². The number of nitrogens with two attached hydrogens (primary N) is 1. The Hall–Kier alpha value is -1.47. The van der Waals surface area contributed by atoms with Gasteiger partial charge in [0.1, 0.15) is 18.1 Å². The predicted octanol–water partition coefficient (Wildman–Crippen LogP) is 1.92. The average molecular weight is 390 g/mol. The summed E-state index contributed by atoms with van der Waals surface area (Å²) in [6.45, 7) is 9.74. The first kappa shape index (κ1) is 21.2. The average Bonchev–Trinajstić information content (AvgIpc) is 2.72. The number of carbonyl (C=O) groups is 1. The van der Waals surface area contributed by atoms with Crippen LogP contribution in [0.4, 0.5) is 0 Å². The van der Waals surface area contributed by atoms with Crippen LogP contribution < -0.4 is 10.5 Å². The summed E-state index contributed by atoms with van der Waals surface area (Å²) in [5, 5.41) is 0. The van der Waals surface area contributed by atoms with Crippen LogP contribution in [0.15, 0.2) is 24.3 Å². The molecule has 28 heavy (non-hydrogen) atoms. The predicted molar refractivity (Wildman–Crippen MR) is 110 cm³/mol. The highest BCUT2D eigenvalue weighted by atomic mass is 16.5. The summed E-state index contributed by atoms with van der Waals surface area (Å²) in [7, 11) is 0. The number of likely N-dealkylation sites (tertiary alicyclic amines) is 1. The van der Waals surface area contributed by atoms with Gasteiger partial charge in [-0.05, 0) is 36.6 Å². The van der Waals surface area contributed by atoms with Crippen LogP contribution in [0.3, 0.4) is 0 Å². The Morgan fingerprint density at radius 2 is 1.96 bits per heavy atom. The quantitative estimate of drug-likeness (QED) is 0.696. The van der Waals surface area contributed by atoms with Gasteiger partial charge in [0.2, 0.25) is 0 Å². The third-order valence-corrected chi connectivity index (χ3v) is 5.72. The third-order valence-electron chi connectivity index (χ3n) is 5.72. The van der Waals surface area contributed by atoms with Gasteiger partial charge in [-0.1, -0.05) is 25.5 Å². The van der Waals surface area contributed by atoms with E-state index >= 15 is 0 Å². The van der Waals surface area contributed by atoms with Gasteiger partial charge in [-0.3, -0.25) is 14.6 Å². The molecule has 2 heterocycles. The number of hydrogen-bond acceptors (Lipinski definition) is 6. The van der Waals surface area contributed by atoms with E-state index in [4.69, 9.17) is 15.2 Å². The van der Waals surface area contributed by atoms with Gasteiger partial charge in [-0.15, -0.1) is 0 Å². The Morgan fingerprint density at radius 1 is 1.21 bits per heavy atom. The van der Waals surface area contributed by atoms with E-state index in [1.807, 2.05) is 12.1 Å². The highest BCUT2D eigenvalue weighted by molar-refractivity contribution is 5.81. The number of morpholine rings is 1. The second kappa shape index (κ2) is 10.9. The number of ketones is 1. The van der Waals surface area contributed by atoms with Crippen LogP contribution in [0.1, 0.15) is 31.7 Å². The van der Waals surface area contributed by atoms with E-state index in [1.54, 1.807) is 0 Å². The molecule has 2 unspecified atom stereocenters. The molecule has 156 valence electrons. The Labute approximate surface area is 169 Å². The van der Waals surface area contributed by atoms with Gasteiger partial charge in [0.05, 0.1) is 19.8 Å². The molecule has 0 bridgehead atoms. The number of benzene rings is 1. The molecule has 1 aromatic rings. The van der Waals surface area contributed by atoms with Gasteiger partial charge < -0.3 is 15.2 Å². The van der Waals surface area contributed by atoms with Crippen molar-refractivity contribution in [2.75, 3.05) is 52.5 Å². The van der Waals surface area contributed by atoms with Crippen LogP contribution >= 0.6 is 0 Å². The Balaban J connectivity index is 1.38. The normalized spacial score (nSPS) is 22.9. The maximum Gasteiger partial charge on any atom is 0.147 e. The van der Waals surface area contributed by atoms with Crippen LogP contribution in [-0.4, -0.2) is 74.2 Å². The van der Waals surface area contributed by atoms with E-state index in [9.17, 15) is 4.79 Å². The molecule has 0 amide bonds. The zero-order valence-electron chi connectivity index (χ0n) is 17.1. The Bertz CT molecular complexity index is 602. The topological polar surface area (TPSA) is 68.0 Å². The molecule has 2 saturated heterocycles. The molecular formula is C22H35N3O3. The van der Waals surface area contributed by atoms with Crippen molar-refractivity contribution in [3.8, 4) is 5.75 Å². The molecule has 2 atom stereocenters. The van der Waals surface area contributed by atoms with Gasteiger partial charge in [-0.2, -0.15) is 0 Å². The zero-order chi connectivity index (χ0) is 19.8. The summed E-state index contributed by atoms with van der Waals surface area (Å²) in [5.41, 5.74) is 7.43. The van der Waals surface area contributed by atoms with Gasteiger partial charge in [0.15, 0.2) is 0 Å². The Morgan fingerprint density at radius 3 is 2.68 bits per heavy atom. The fourth-order valence-electron chi connectivity index (χ4n) is 3.93. The molecule has 0 spiro atoms. The van der Waals surface area contributed by atoms with Crippen molar-refractivity contribution in [2.45, 2.75) is 38.8 Å². The molecule has 0 saturated carbocycles. The lowest BCUT2D eigenvalue weighted by Gasteiger charge is -2.31. The van der Waals surface area contributed by atoms with Crippen LogP contribution in [-0.2, 0) is 16.1 Å². The summed E-state index contributed by atoms with van der Waals surface area (Å²) in [6, 6.07) is 8.23. The number of ether oxygens (including phenoxy) is 2. The van der Waals surface area contributed by atoms with E-state index < -0.39 is 0 Å². The highest BCUT2D eigenvalue weighted by Gasteiger charge is 2.24. The van der Waals surface area contributed by atoms with Crippen LogP contribution in [0, 0.1) is 5.92 Å². The lowest BCUT2D eigenvalue weighted by atomic mass is 9.94. The van der Waals surface area contributed by atoms with E-state index in [1.165, 1.54) is 5.56 Å². The maximum absolute atomic E-state index is 11.9. The lowest BCUT2D eigenvalue weighted by Crippen LogP contribution is -2.40. The maximum atomic E-state index is 11.9. The zero-order valence-corrected chi connectivity index (χ0v) is 17.1. The minimum atomic E-state index is 0.0351. The lowest BCUT2D eigenvalue weighted by molar-refractivity contribution is -0.124. The number of piperidine rings is 1. The SMILES string of the molecule is CCC1CC(=O)CN(Cc2ccc(OCC(N)CCN3CCOCC3)cc2)C1.